The van der Waals surface area contributed by atoms with E-state index in [4.69, 9.17) is 4.74 Å². The zero-order chi connectivity index (χ0) is 14.7. The molecule has 0 aliphatic carbocycles. The number of hydrogen-bond donors (Lipinski definition) is 0. The van der Waals surface area contributed by atoms with Crippen LogP contribution in [0.1, 0.15) is 41.0 Å². The maximum Gasteiger partial charge on any atom is 0.512 e. The Morgan fingerprint density at radius 3 is 2.37 bits per heavy atom. The first kappa shape index (κ1) is 15.7. The molecule has 0 N–H and O–H groups in total. The van der Waals surface area contributed by atoms with Gasteiger partial charge >= 0.3 is 6.16 Å². The highest BCUT2D eigenvalue weighted by Gasteiger charge is 2.55. The molecule has 1 heterocycles. The largest absolute Gasteiger partial charge is 0.512 e. The summed E-state index contributed by atoms with van der Waals surface area (Å²) in [5.41, 5.74) is -0.837. The molecule has 2 atom stereocenters. The molecule has 19 heavy (non-hydrogen) atoms. The maximum absolute atomic E-state index is 11.6. The van der Waals surface area contributed by atoms with Crippen molar-refractivity contribution < 1.29 is 18.8 Å². The third-order valence-electron chi connectivity index (χ3n) is 4.05. The topological polar surface area (TPSA) is 47.9 Å². The smallest absolute Gasteiger partial charge is 0.437 e. The number of ether oxygens (including phenoxy) is 2. The molecule has 0 saturated carbocycles. The van der Waals surface area contributed by atoms with Crippen molar-refractivity contribution in [3.63, 3.8) is 0 Å². The van der Waals surface area contributed by atoms with Crippen LogP contribution in [-0.2, 0) is 9.47 Å². The molecular weight excluding hydrogens is 244 g/mol. The molecular formula is C14H25N2O3+. The van der Waals surface area contributed by atoms with Gasteiger partial charge in [-0.05, 0) is 20.8 Å². The summed E-state index contributed by atoms with van der Waals surface area (Å²) in [5.74, 6) is 0. The molecule has 0 fully saturated rings. The van der Waals surface area contributed by atoms with Gasteiger partial charge in [-0.25, -0.2) is 9.28 Å². The predicted molar refractivity (Wildman–Crippen MR) is 74.7 cm³/mol. The second-order valence-corrected chi connectivity index (χ2v) is 5.94. The van der Waals surface area contributed by atoms with E-state index in [0.29, 0.717) is 17.4 Å². The Kier molecular flexibility index (Phi) is 4.40. The van der Waals surface area contributed by atoms with Crippen molar-refractivity contribution in [1.29, 1.82) is 0 Å². The third kappa shape index (κ3) is 2.66. The SMILES string of the molecule is CCC(C)(OC(=O)OC)[N+]1(C(C)(C)C)C=CN=CC1. The van der Waals surface area contributed by atoms with E-state index >= 15 is 0 Å². The van der Waals surface area contributed by atoms with Gasteiger partial charge in [0.15, 0.2) is 0 Å². The quantitative estimate of drug-likeness (QED) is 0.584. The summed E-state index contributed by atoms with van der Waals surface area (Å²) < 4.78 is 10.8. The normalized spacial score (nSPS) is 25.8. The second-order valence-electron chi connectivity index (χ2n) is 5.94. The summed E-state index contributed by atoms with van der Waals surface area (Å²) in [6.45, 7) is 11.0. The third-order valence-corrected chi connectivity index (χ3v) is 4.05. The Hall–Kier alpha value is -1.36. The summed E-state index contributed by atoms with van der Waals surface area (Å²) in [6.07, 6.45) is 5.66. The number of rotatable bonds is 3. The summed E-state index contributed by atoms with van der Waals surface area (Å²) in [7, 11) is 1.33. The zero-order valence-electron chi connectivity index (χ0n) is 12.8. The fourth-order valence-electron chi connectivity index (χ4n) is 2.66. The Morgan fingerprint density at radius 1 is 1.37 bits per heavy atom. The van der Waals surface area contributed by atoms with E-state index in [9.17, 15) is 4.79 Å². The lowest BCUT2D eigenvalue weighted by Crippen LogP contribution is -2.70. The summed E-state index contributed by atoms with van der Waals surface area (Å²) in [6, 6.07) is 0. The molecule has 0 aromatic carbocycles. The van der Waals surface area contributed by atoms with Gasteiger partial charge < -0.3 is 9.47 Å². The van der Waals surface area contributed by atoms with E-state index in [1.54, 1.807) is 6.20 Å². The highest BCUT2D eigenvalue weighted by atomic mass is 16.7. The van der Waals surface area contributed by atoms with Crippen LogP contribution in [0.25, 0.3) is 0 Å². The number of aliphatic imine (C=N–C) groups is 1. The molecule has 2 unspecified atom stereocenters. The Bertz CT molecular complexity index is 398. The number of quaternary nitrogens is 1. The molecule has 1 rings (SSSR count). The average molecular weight is 269 g/mol. The highest BCUT2D eigenvalue weighted by molar-refractivity contribution is 5.61. The molecule has 108 valence electrons. The minimum atomic E-state index is -0.700. The van der Waals surface area contributed by atoms with Gasteiger partial charge in [0.1, 0.15) is 12.7 Å². The Balaban J connectivity index is 3.25. The highest BCUT2D eigenvalue weighted by Crippen LogP contribution is 2.40. The molecule has 0 radical (unpaired) electrons. The monoisotopic (exact) mass is 269 g/mol. The number of hydrogen-bond acceptors (Lipinski definition) is 4. The first-order chi connectivity index (χ1) is 8.72. The lowest BCUT2D eigenvalue weighted by atomic mass is 9.94. The van der Waals surface area contributed by atoms with Crippen LogP contribution in [-0.4, -0.2) is 41.8 Å². The molecule has 5 heteroatoms. The van der Waals surface area contributed by atoms with Gasteiger partial charge in [-0.2, -0.15) is 0 Å². The lowest BCUT2D eigenvalue weighted by Gasteiger charge is -2.54. The predicted octanol–water partition coefficient (Wildman–Crippen LogP) is 3.07. The lowest BCUT2D eigenvalue weighted by molar-refractivity contribution is -0.985. The minimum Gasteiger partial charge on any atom is -0.437 e. The van der Waals surface area contributed by atoms with Gasteiger partial charge in [0.05, 0.1) is 25.1 Å². The van der Waals surface area contributed by atoms with Crippen molar-refractivity contribution in [2.75, 3.05) is 13.7 Å². The van der Waals surface area contributed by atoms with Gasteiger partial charge in [-0.1, -0.05) is 6.92 Å². The van der Waals surface area contributed by atoms with Crippen molar-refractivity contribution in [2.45, 2.75) is 52.3 Å². The van der Waals surface area contributed by atoms with Crippen LogP contribution < -0.4 is 0 Å². The molecule has 0 aromatic heterocycles. The fraction of sp³-hybridized carbons (Fsp3) is 0.714. The van der Waals surface area contributed by atoms with Crippen molar-refractivity contribution >= 4 is 12.4 Å². The molecule has 0 spiro atoms. The maximum atomic E-state index is 11.6. The molecule has 0 amide bonds. The number of carbonyl (C=O) groups is 1. The van der Waals surface area contributed by atoms with E-state index in [0.717, 1.165) is 0 Å². The first-order valence-corrected chi connectivity index (χ1v) is 6.57. The van der Waals surface area contributed by atoms with Crippen molar-refractivity contribution in [3.05, 3.63) is 12.4 Å². The average Bonchev–Trinajstić information content (AvgIpc) is 2.37. The van der Waals surface area contributed by atoms with Gasteiger partial charge in [0, 0.05) is 13.3 Å². The number of methoxy groups -OCH3 is 1. The molecule has 0 saturated heterocycles. The fourth-order valence-corrected chi connectivity index (χ4v) is 2.66. The van der Waals surface area contributed by atoms with E-state index < -0.39 is 11.9 Å². The van der Waals surface area contributed by atoms with Crippen LogP contribution in [0.4, 0.5) is 4.79 Å². The Morgan fingerprint density at radius 2 is 2.00 bits per heavy atom. The minimum absolute atomic E-state index is 0.137. The van der Waals surface area contributed by atoms with Gasteiger partial charge in [-0.15, -0.1) is 0 Å². The van der Waals surface area contributed by atoms with Crippen LogP contribution >= 0.6 is 0 Å². The van der Waals surface area contributed by atoms with E-state index in [2.05, 4.69) is 30.5 Å². The molecule has 0 aromatic rings. The van der Waals surface area contributed by atoms with Crippen LogP contribution in [0.15, 0.2) is 17.4 Å². The van der Waals surface area contributed by atoms with E-state index in [1.165, 1.54) is 7.11 Å². The molecule has 5 nitrogen and oxygen atoms in total. The Labute approximate surface area is 115 Å². The van der Waals surface area contributed by atoms with Crippen molar-refractivity contribution in [2.24, 2.45) is 4.99 Å². The zero-order valence-corrected chi connectivity index (χ0v) is 12.8. The van der Waals surface area contributed by atoms with Gasteiger partial charge in [0.25, 0.3) is 5.72 Å². The molecule has 1 aliphatic heterocycles. The van der Waals surface area contributed by atoms with E-state index in [-0.39, 0.29) is 5.54 Å². The van der Waals surface area contributed by atoms with Crippen molar-refractivity contribution in [3.8, 4) is 0 Å². The molecule has 1 aliphatic rings. The van der Waals surface area contributed by atoms with Crippen LogP contribution in [0.3, 0.4) is 0 Å². The summed E-state index contributed by atoms with van der Waals surface area (Å²) >= 11 is 0. The first-order valence-electron chi connectivity index (χ1n) is 6.57. The molecule has 0 bridgehead atoms. The van der Waals surface area contributed by atoms with E-state index in [1.807, 2.05) is 26.3 Å². The number of carbonyl (C=O) groups excluding carboxylic acids is 1. The summed E-state index contributed by atoms with van der Waals surface area (Å²) in [4.78, 5) is 15.7. The van der Waals surface area contributed by atoms with Crippen LogP contribution in [0, 0.1) is 0 Å². The van der Waals surface area contributed by atoms with Crippen molar-refractivity contribution in [1.82, 2.24) is 0 Å². The summed E-state index contributed by atoms with van der Waals surface area (Å²) in [5, 5.41) is 0. The van der Waals surface area contributed by atoms with Gasteiger partial charge in [-0.3, -0.25) is 4.99 Å². The second kappa shape index (κ2) is 5.33. The van der Waals surface area contributed by atoms with Crippen LogP contribution in [0.2, 0.25) is 0 Å². The van der Waals surface area contributed by atoms with Gasteiger partial charge in [0.2, 0.25) is 0 Å². The standard InChI is InChI=1S/C14H25N2O3/c1-7-14(5,19-12(17)18-6)16(13(2,3)4)10-8-15-9-11-16/h8-10H,7,11H2,1-6H3/q+1. The number of nitrogens with zero attached hydrogens (tertiary/aromatic N) is 2. The van der Waals surface area contributed by atoms with Crippen LogP contribution in [0.5, 0.6) is 0 Å².